The monoisotopic (exact) mass is 313 g/mol. The summed E-state index contributed by atoms with van der Waals surface area (Å²) in [4.78, 5) is 16.4. The Morgan fingerprint density at radius 2 is 1.70 bits per heavy atom. The summed E-state index contributed by atoms with van der Waals surface area (Å²) in [5, 5.41) is 8.87. The second kappa shape index (κ2) is 5.77. The molecule has 2 aliphatic heterocycles. The third-order valence-corrected chi connectivity index (χ3v) is 4.50. The molecule has 0 aromatic heterocycles. The topological polar surface area (TPSA) is 56.6 Å². The van der Waals surface area contributed by atoms with Gasteiger partial charge in [0.25, 0.3) is 0 Å². The first-order valence-corrected chi connectivity index (χ1v) is 8.09. The molecule has 0 aliphatic carbocycles. The molecule has 2 aliphatic rings. The summed E-state index contributed by atoms with van der Waals surface area (Å²) >= 11 is 0. The molecule has 122 valence electrons. The van der Waals surface area contributed by atoms with Gasteiger partial charge in [-0.05, 0) is 45.0 Å². The number of nitrogens with zero attached hydrogens (tertiary/aromatic N) is 3. The van der Waals surface area contributed by atoms with Crippen molar-refractivity contribution in [1.29, 1.82) is 5.26 Å². The van der Waals surface area contributed by atoms with Crippen LogP contribution in [0.2, 0.25) is 0 Å². The summed E-state index contributed by atoms with van der Waals surface area (Å²) in [6.07, 6.45) is -0.197. The molecule has 1 aromatic rings. The normalized spacial score (nSPS) is 23.6. The Labute approximate surface area is 137 Å². The lowest BCUT2D eigenvalue weighted by molar-refractivity contribution is 0.0282. The minimum absolute atomic E-state index is 0.197. The van der Waals surface area contributed by atoms with E-state index < -0.39 is 5.60 Å². The van der Waals surface area contributed by atoms with Crippen molar-refractivity contribution < 1.29 is 9.53 Å². The number of likely N-dealkylation sites (tertiary alicyclic amines) is 1. The smallest absolute Gasteiger partial charge is 0.410 e. The molecule has 0 bridgehead atoms. The Hall–Kier alpha value is -2.22. The Bertz CT molecular complexity index is 613. The summed E-state index contributed by atoms with van der Waals surface area (Å²) in [6.45, 7) is 9.14. The second-order valence-corrected chi connectivity index (χ2v) is 7.47. The Kier molecular flexibility index (Phi) is 3.93. The van der Waals surface area contributed by atoms with Gasteiger partial charge in [0.2, 0.25) is 0 Å². The molecule has 23 heavy (non-hydrogen) atoms. The summed E-state index contributed by atoms with van der Waals surface area (Å²) in [7, 11) is 0. The zero-order chi connectivity index (χ0) is 16.6. The Balaban J connectivity index is 1.59. The van der Waals surface area contributed by atoms with Crippen molar-refractivity contribution in [1.82, 2.24) is 4.90 Å². The van der Waals surface area contributed by atoms with Gasteiger partial charge in [-0.25, -0.2) is 4.79 Å². The summed E-state index contributed by atoms with van der Waals surface area (Å²) in [6, 6.07) is 9.87. The van der Waals surface area contributed by atoms with Crippen LogP contribution in [0.5, 0.6) is 0 Å². The number of rotatable bonds is 1. The number of benzene rings is 1. The zero-order valence-electron chi connectivity index (χ0n) is 14.0. The van der Waals surface area contributed by atoms with Crippen LogP contribution in [-0.4, -0.2) is 42.8 Å². The fourth-order valence-electron chi connectivity index (χ4n) is 3.43. The molecule has 0 saturated carbocycles. The molecule has 2 heterocycles. The van der Waals surface area contributed by atoms with Gasteiger partial charge in [-0.15, -0.1) is 0 Å². The first-order chi connectivity index (χ1) is 10.9. The SMILES string of the molecule is CC(C)(C)OC(=O)N1CC2CN(c3ccc(C#N)cc3)CC2C1. The van der Waals surface area contributed by atoms with E-state index in [4.69, 9.17) is 10.00 Å². The lowest BCUT2D eigenvalue weighted by atomic mass is 10.0. The van der Waals surface area contributed by atoms with Crippen LogP contribution in [0.3, 0.4) is 0 Å². The van der Waals surface area contributed by atoms with E-state index in [2.05, 4.69) is 11.0 Å². The zero-order valence-corrected chi connectivity index (χ0v) is 14.0. The van der Waals surface area contributed by atoms with Crippen molar-refractivity contribution in [3.05, 3.63) is 29.8 Å². The first kappa shape index (κ1) is 15.7. The third kappa shape index (κ3) is 3.42. The molecule has 1 amide bonds. The van der Waals surface area contributed by atoms with Gasteiger partial charge in [0.1, 0.15) is 5.60 Å². The van der Waals surface area contributed by atoms with Crippen molar-refractivity contribution >= 4 is 11.8 Å². The van der Waals surface area contributed by atoms with Crippen LogP contribution in [0.15, 0.2) is 24.3 Å². The molecule has 3 rings (SSSR count). The number of hydrogen-bond donors (Lipinski definition) is 0. The van der Waals surface area contributed by atoms with Gasteiger partial charge >= 0.3 is 6.09 Å². The number of nitriles is 1. The maximum absolute atomic E-state index is 12.2. The number of anilines is 1. The van der Waals surface area contributed by atoms with E-state index in [-0.39, 0.29) is 6.09 Å². The molecule has 1 aromatic carbocycles. The average Bonchev–Trinajstić information content (AvgIpc) is 3.04. The molecule has 0 N–H and O–H groups in total. The van der Waals surface area contributed by atoms with Crippen LogP contribution in [0.1, 0.15) is 26.3 Å². The Morgan fingerprint density at radius 3 is 2.17 bits per heavy atom. The average molecular weight is 313 g/mol. The van der Waals surface area contributed by atoms with E-state index >= 15 is 0 Å². The maximum atomic E-state index is 12.2. The number of ether oxygens (including phenoxy) is 1. The van der Waals surface area contributed by atoms with Crippen molar-refractivity contribution in [2.45, 2.75) is 26.4 Å². The van der Waals surface area contributed by atoms with E-state index in [9.17, 15) is 4.79 Å². The number of carbonyl (C=O) groups is 1. The summed E-state index contributed by atoms with van der Waals surface area (Å²) < 4.78 is 5.47. The van der Waals surface area contributed by atoms with Gasteiger partial charge in [0.05, 0.1) is 11.6 Å². The predicted octanol–water partition coefficient (Wildman–Crippen LogP) is 2.86. The third-order valence-electron chi connectivity index (χ3n) is 4.50. The number of amides is 1. The van der Waals surface area contributed by atoms with Gasteiger partial charge in [-0.2, -0.15) is 5.26 Å². The number of hydrogen-bond acceptors (Lipinski definition) is 4. The number of fused-ring (bicyclic) bond motifs is 1. The molecular weight excluding hydrogens is 290 g/mol. The van der Waals surface area contributed by atoms with Crippen LogP contribution in [0.25, 0.3) is 0 Å². The van der Waals surface area contributed by atoms with Gasteiger partial charge in [0, 0.05) is 43.7 Å². The van der Waals surface area contributed by atoms with Crippen LogP contribution in [0.4, 0.5) is 10.5 Å². The van der Waals surface area contributed by atoms with Gasteiger partial charge < -0.3 is 14.5 Å². The molecule has 2 saturated heterocycles. The lowest BCUT2D eigenvalue weighted by Crippen LogP contribution is -2.37. The minimum Gasteiger partial charge on any atom is -0.444 e. The van der Waals surface area contributed by atoms with Crippen LogP contribution in [0, 0.1) is 23.2 Å². The molecule has 2 unspecified atom stereocenters. The van der Waals surface area contributed by atoms with Crippen molar-refractivity contribution in [3.8, 4) is 6.07 Å². The van der Waals surface area contributed by atoms with Crippen LogP contribution >= 0.6 is 0 Å². The standard InChI is InChI=1S/C18H23N3O2/c1-18(2,3)23-17(22)21-11-14-9-20(10-15(14)12-21)16-6-4-13(8-19)5-7-16/h4-7,14-15H,9-12H2,1-3H3. The molecule has 0 radical (unpaired) electrons. The van der Waals surface area contributed by atoms with Crippen molar-refractivity contribution in [2.75, 3.05) is 31.1 Å². The molecule has 2 atom stereocenters. The van der Waals surface area contributed by atoms with Crippen molar-refractivity contribution in [3.63, 3.8) is 0 Å². The quantitative estimate of drug-likeness (QED) is 0.800. The second-order valence-electron chi connectivity index (χ2n) is 7.47. The van der Waals surface area contributed by atoms with E-state index in [1.54, 1.807) is 0 Å². The van der Waals surface area contributed by atoms with Crippen LogP contribution in [-0.2, 0) is 4.74 Å². The fourth-order valence-corrected chi connectivity index (χ4v) is 3.43. The molecule has 0 spiro atoms. The van der Waals surface area contributed by atoms with Gasteiger partial charge in [0.15, 0.2) is 0 Å². The molecule has 5 heteroatoms. The maximum Gasteiger partial charge on any atom is 0.410 e. The highest BCUT2D eigenvalue weighted by molar-refractivity contribution is 5.68. The highest BCUT2D eigenvalue weighted by Gasteiger charge is 2.42. The highest BCUT2D eigenvalue weighted by atomic mass is 16.6. The largest absolute Gasteiger partial charge is 0.444 e. The lowest BCUT2D eigenvalue weighted by Gasteiger charge is -2.26. The highest BCUT2D eigenvalue weighted by Crippen LogP contribution is 2.34. The van der Waals surface area contributed by atoms with E-state index in [0.717, 1.165) is 31.9 Å². The number of carbonyl (C=O) groups excluding carboxylic acids is 1. The van der Waals surface area contributed by atoms with Gasteiger partial charge in [-0.1, -0.05) is 0 Å². The first-order valence-electron chi connectivity index (χ1n) is 8.09. The van der Waals surface area contributed by atoms with E-state index in [1.165, 1.54) is 0 Å². The fraction of sp³-hybridized carbons (Fsp3) is 0.556. The molecular formula is C18H23N3O2. The summed E-state index contributed by atoms with van der Waals surface area (Å²) in [5.74, 6) is 0.997. The molecule has 5 nitrogen and oxygen atoms in total. The van der Waals surface area contributed by atoms with Gasteiger partial charge in [-0.3, -0.25) is 0 Å². The summed E-state index contributed by atoms with van der Waals surface area (Å²) in [5.41, 5.74) is 1.40. The van der Waals surface area contributed by atoms with E-state index in [0.29, 0.717) is 17.4 Å². The van der Waals surface area contributed by atoms with Crippen LogP contribution < -0.4 is 4.90 Å². The Morgan fingerprint density at radius 1 is 1.13 bits per heavy atom. The predicted molar refractivity (Wildman–Crippen MR) is 88.2 cm³/mol. The molecule has 2 fully saturated rings. The minimum atomic E-state index is -0.441. The van der Waals surface area contributed by atoms with Crippen molar-refractivity contribution in [2.24, 2.45) is 11.8 Å². The van der Waals surface area contributed by atoms with E-state index in [1.807, 2.05) is 49.9 Å².